The van der Waals surface area contributed by atoms with Crippen molar-refractivity contribution in [1.82, 2.24) is 10.2 Å². The van der Waals surface area contributed by atoms with E-state index >= 15 is 0 Å². The number of nitrogens with one attached hydrogen (secondary N) is 1. The Bertz CT molecular complexity index is 555. The quantitative estimate of drug-likeness (QED) is 0.915. The molecule has 0 spiro atoms. The van der Waals surface area contributed by atoms with Crippen LogP contribution in [0.1, 0.15) is 56.1 Å². The van der Waals surface area contributed by atoms with Crippen LogP contribution in [-0.2, 0) is 10.2 Å². The number of nitrogens with zero attached hydrogens (tertiary/aromatic N) is 1. The molecular formula is C21H32N2O. The predicted molar refractivity (Wildman–Crippen MR) is 99.2 cm³/mol. The molecule has 0 bridgehead atoms. The Morgan fingerprint density at radius 1 is 1.17 bits per heavy atom. The number of aryl methyl sites for hydroxylation is 1. The maximum Gasteiger partial charge on any atom is 0.233 e. The van der Waals surface area contributed by atoms with Crippen molar-refractivity contribution in [3.8, 4) is 0 Å². The maximum absolute atomic E-state index is 13.6. The fraction of sp³-hybridized carbons (Fsp3) is 0.667. The van der Waals surface area contributed by atoms with Crippen LogP contribution in [0.4, 0.5) is 0 Å². The van der Waals surface area contributed by atoms with Gasteiger partial charge in [-0.05, 0) is 63.2 Å². The van der Waals surface area contributed by atoms with Crippen molar-refractivity contribution in [3.63, 3.8) is 0 Å². The van der Waals surface area contributed by atoms with E-state index in [1.807, 2.05) is 7.05 Å². The number of carbonyl (C=O) groups excluding carboxylic acids is 1. The van der Waals surface area contributed by atoms with Crippen LogP contribution in [0.5, 0.6) is 0 Å². The van der Waals surface area contributed by atoms with Crippen molar-refractivity contribution < 1.29 is 4.79 Å². The second-order valence-electron chi connectivity index (χ2n) is 7.75. The van der Waals surface area contributed by atoms with Gasteiger partial charge in [0.15, 0.2) is 0 Å². The first-order valence-corrected chi connectivity index (χ1v) is 9.67. The van der Waals surface area contributed by atoms with Crippen LogP contribution in [0.2, 0.25) is 0 Å². The highest BCUT2D eigenvalue weighted by Gasteiger charge is 2.44. The molecule has 0 radical (unpaired) electrons. The molecule has 1 saturated carbocycles. The molecule has 1 aromatic carbocycles. The van der Waals surface area contributed by atoms with E-state index in [9.17, 15) is 4.79 Å². The predicted octanol–water partition coefficient (Wildman–Crippen LogP) is 3.65. The molecule has 0 unspecified atom stereocenters. The molecule has 1 aliphatic heterocycles. The van der Waals surface area contributed by atoms with Crippen LogP contribution in [0, 0.1) is 12.8 Å². The topological polar surface area (TPSA) is 32.3 Å². The number of carbonyl (C=O) groups is 1. The summed E-state index contributed by atoms with van der Waals surface area (Å²) in [5.74, 6) is 1.12. The molecular weight excluding hydrogens is 296 g/mol. The number of benzene rings is 1. The largest absolute Gasteiger partial charge is 0.342 e. The van der Waals surface area contributed by atoms with Gasteiger partial charge in [0, 0.05) is 13.1 Å². The fourth-order valence-electron chi connectivity index (χ4n) is 4.80. The third kappa shape index (κ3) is 3.37. The van der Waals surface area contributed by atoms with Gasteiger partial charge in [0.2, 0.25) is 5.91 Å². The molecule has 2 fully saturated rings. The standard InChI is InChI=1S/C21H32N2O/c1-17-8-4-5-9-19(17)21(12-6-3-7-13-21)20(24)23-14-10-18(11-15-23)16-22-2/h4-5,8-9,18,22H,3,6-7,10-16H2,1-2H3. The van der Waals surface area contributed by atoms with Gasteiger partial charge in [-0.1, -0.05) is 43.5 Å². The lowest BCUT2D eigenvalue weighted by Crippen LogP contribution is -2.51. The minimum Gasteiger partial charge on any atom is -0.342 e. The molecule has 1 heterocycles. The van der Waals surface area contributed by atoms with E-state index in [0.29, 0.717) is 5.91 Å². The third-order valence-corrected chi connectivity index (χ3v) is 6.17. The van der Waals surface area contributed by atoms with Crippen LogP contribution in [0.25, 0.3) is 0 Å². The van der Waals surface area contributed by atoms with Gasteiger partial charge in [0.1, 0.15) is 0 Å². The number of rotatable bonds is 4. The van der Waals surface area contributed by atoms with E-state index in [-0.39, 0.29) is 5.41 Å². The van der Waals surface area contributed by atoms with E-state index < -0.39 is 0 Å². The lowest BCUT2D eigenvalue weighted by molar-refractivity contribution is -0.140. The number of piperidine rings is 1. The summed E-state index contributed by atoms with van der Waals surface area (Å²) >= 11 is 0. The van der Waals surface area contributed by atoms with Gasteiger partial charge in [-0.15, -0.1) is 0 Å². The zero-order valence-corrected chi connectivity index (χ0v) is 15.3. The highest BCUT2D eigenvalue weighted by Crippen LogP contribution is 2.42. The molecule has 132 valence electrons. The molecule has 1 aromatic rings. The summed E-state index contributed by atoms with van der Waals surface area (Å²) in [7, 11) is 2.02. The van der Waals surface area contributed by atoms with Crippen LogP contribution in [0.3, 0.4) is 0 Å². The summed E-state index contributed by atoms with van der Waals surface area (Å²) < 4.78 is 0. The van der Waals surface area contributed by atoms with Crippen molar-refractivity contribution in [1.29, 1.82) is 0 Å². The molecule has 3 heteroatoms. The lowest BCUT2D eigenvalue weighted by atomic mass is 9.67. The summed E-state index contributed by atoms with van der Waals surface area (Å²) in [6.07, 6.45) is 7.94. The van der Waals surface area contributed by atoms with E-state index in [1.165, 1.54) is 30.4 Å². The van der Waals surface area contributed by atoms with E-state index in [2.05, 4.69) is 41.4 Å². The summed E-state index contributed by atoms with van der Waals surface area (Å²) in [5.41, 5.74) is 2.30. The van der Waals surface area contributed by atoms with Crippen LogP contribution >= 0.6 is 0 Å². The third-order valence-electron chi connectivity index (χ3n) is 6.17. The Morgan fingerprint density at radius 3 is 2.46 bits per heavy atom. The monoisotopic (exact) mass is 328 g/mol. The first-order chi connectivity index (χ1) is 11.7. The summed E-state index contributed by atoms with van der Waals surface area (Å²) in [4.78, 5) is 15.8. The van der Waals surface area contributed by atoms with Crippen molar-refractivity contribution in [2.45, 2.75) is 57.3 Å². The first-order valence-electron chi connectivity index (χ1n) is 9.67. The average Bonchev–Trinajstić information content (AvgIpc) is 2.63. The zero-order chi connectivity index (χ0) is 17.0. The molecule has 1 aliphatic carbocycles. The SMILES string of the molecule is CNCC1CCN(C(=O)C2(c3ccccc3C)CCCCC2)CC1. The van der Waals surface area contributed by atoms with Crippen molar-refractivity contribution >= 4 is 5.91 Å². The Labute approximate surface area is 146 Å². The minimum absolute atomic E-state index is 0.264. The average molecular weight is 329 g/mol. The normalized spacial score (nSPS) is 21.7. The molecule has 1 N–H and O–H groups in total. The van der Waals surface area contributed by atoms with Gasteiger partial charge in [-0.2, -0.15) is 0 Å². The molecule has 24 heavy (non-hydrogen) atoms. The molecule has 2 aliphatic rings. The molecule has 1 saturated heterocycles. The van der Waals surface area contributed by atoms with Gasteiger partial charge < -0.3 is 10.2 Å². The molecule has 0 atom stereocenters. The minimum atomic E-state index is -0.264. The van der Waals surface area contributed by atoms with Crippen molar-refractivity contribution in [3.05, 3.63) is 35.4 Å². The summed E-state index contributed by atoms with van der Waals surface area (Å²) in [6.45, 7) is 5.10. The number of hydrogen-bond donors (Lipinski definition) is 1. The molecule has 3 rings (SSSR count). The van der Waals surface area contributed by atoms with Gasteiger partial charge >= 0.3 is 0 Å². The number of amides is 1. The second-order valence-corrected chi connectivity index (χ2v) is 7.75. The smallest absolute Gasteiger partial charge is 0.233 e. The lowest BCUT2D eigenvalue weighted by Gasteiger charge is -2.43. The highest BCUT2D eigenvalue weighted by atomic mass is 16.2. The van der Waals surface area contributed by atoms with Crippen molar-refractivity contribution in [2.75, 3.05) is 26.7 Å². The van der Waals surface area contributed by atoms with Crippen LogP contribution < -0.4 is 5.32 Å². The Morgan fingerprint density at radius 2 is 1.83 bits per heavy atom. The summed E-state index contributed by atoms with van der Waals surface area (Å²) in [5, 5.41) is 3.28. The molecule has 3 nitrogen and oxygen atoms in total. The van der Waals surface area contributed by atoms with Gasteiger partial charge in [-0.25, -0.2) is 0 Å². The maximum atomic E-state index is 13.6. The van der Waals surface area contributed by atoms with Crippen molar-refractivity contribution in [2.24, 2.45) is 5.92 Å². The van der Waals surface area contributed by atoms with Crippen LogP contribution in [0.15, 0.2) is 24.3 Å². The Balaban J connectivity index is 1.82. The van der Waals surface area contributed by atoms with E-state index in [1.54, 1.807) is 0 Å². The number of hydrogen-bond acceptors (Lipinski definition) is 2. The number of likely N-dealkylation sites (tertiary alicyclic amines) is 1. The van der Waals surface area contributed by atoms with Gasteiger partial charge in [-0.3, -0.25) is 4.79 Å². The second kappa shape index (κ2) is 7.69. The molecule has 0 aromatic heterocycles. The van der Waals surface area contributed by atoms with Crippen LogP contribution in [-0.4, -0.2) is 37.5 Å². The zero-order valence-electron chi connectivity index (χ0n) is 15.3. The fourth-order valence-corrected chi connectivity index (χ4v) is 4.80. The van der Waals surface area contributed by atoms with E-state index in [0.717, 1.165) is 51.2 Å². The van der Waals surface area contributed by atoms with Gasteiger partial charge in [0.05, 0.1) is 5.41 Å². The first kappa shape index (κ1) is 17.5. The van der Waals surface area contributed by atoms with Gasteiger partial charge in [0.25, 0.3) is 0 Å². The Kier molecular flexibility index (Phi) is 5.60. The summed E-state index contributed by atoms with van der Waals surface area (Å²) in [6, 6.07) is 8.55. The Hall–Kier alpha value is -1.35. The highest BCUT2D eigenvalue weighted by molar-refractivity contribution is 5.89. The van der Waals surface area contributed by atoms with E-state index in [4.69, 9.17) is 0 Å². The molecule has 1 amide bonds.